The first kappa shape index (κ1) is 18.7. The van der Waals surface area contributed by atoms with Crippen LogP contribution in [0.15, 0.2) is 53.4 Å². The van der Waals surface area contributed by atoms with Crippen molar-refractivity contribution in [1.82, 2.24) is 4.72 Å². The van der Waals surface area contributed by atoms with E-state index < -0.39 is 22.0 Å². The molecular formula is C16H15Cl2NO4S. The Bertz CT molecular complexity index is 822. The number of carbonyl (C=O) groups excluding carboxylic acids is 1. The minimum absolute atomic E-state index is 0.0210. The first-order valence-corrected chi connectivity index (χ1v) is 9.21. The van der Waals surface area contributed by atoms with E-state index in [0.717, 1.165) is 5.56 Å². The molecule has 0 fully saturated rings. The van der Waals surface area contributed by atoms with Gasteiger partial charge >= 0.3 is 5.97 Å². The van der Waals surface area contributed by atoms with Crippen LogP contribution in [0.25, 0.3) is 0 Å². The Morgan fingerprint density at radius 1 is 1.12 bits per heavy atom. The molecule has 0 heterocycles. The number of ether oxygens (including phenoxy) is 1. The summed E-state index contributed by atoms with van der Waals surface area (Å²) in [4.78, 5) is 11.9. The summed E-state index contributed by atoms with van der Waals surface area (Å²) in [6.45, 7) is 1.44. The molecule has 1 N–H and O–H groups in total. The molecule has 0 saturated carbocycles. The Balaban J connectivity index is 1.96. The lowest BCUT2D eigenvalue weighted by molar-refractivity contribution is -0.146. The highest BCUT2D eigenvalue weighted by Crippen LogP contribution is 2.16. The molecule has 0 aromatic heterocycles. The summed E-state index contributed by atoms with van der Waals surface area (Å²) in [6, 6.07) is 11.5. The predicted octanol–water partition coefficient (Wildman–Crippen LogP) is 3.40. The SMILES string of the molecule is C[C@H](NS(=O)(=O)c1cccc(Cl)c1)C(=O)OCc1ccc(Cl)cc1. The van der Waals surface area contributed by atoms with Gasteiger partial charge in [0, 0.05) is 10.0 Å². The van der Waals surface area contributed by atoms with Crippen molar-refractivity contribution in [3.05, 3.63) is 64.1 Å². The van der Waals surface area contributed by atoms with Gasteiger partial charge in [0.1, 0.15) is 12.6 Å². The molecule has 2 rings (SSSR count). The van der Waals surface area contributed by atoms with Gasteiger partial charge in [-0.2, -0.15) is 4.72 Å². The summed E-state index contributed by atoms with van der Waals surface area (Å²) in [7, 11) is -3.87. The summed E-state index contributed by atoms with van der Waals surface area (Å²) in [5, 5.41) is 0.864. The maximum atomic E-state index is 12.2. The van der Waals surface area contributed by atoms with E-state index in [0.29, 0.717) is 5.02 Å². The predicted molar refractivity (Wildman–Crippen MR) is 92.5 cm³/mol. The minimum atomic E-state index is -3.87. The van der Waals surface area contributed by atoms with Crippen LogP contribution in [0.2, 0.25) is 10.0 Å². The van der Waals surface area contributed by atoms with Crippen LogP contribution in [-0.4, -0.2) is 20.4 Å². The van der Waals surface area contributed by atoms with Gasteiger partial charge in [-0.1, -0.05) is 41.4 Å². The van der Waals surface area contributed by atoms with Gasteiger partial charge in [0.2, 0.25) is 10.0 Å². The fourth-order valence-corrected chi connectivity index (χ4v) is 3.46. The molecule has 0 radical (unpaired) electrons. The van der Waals surface area contributed by atoms with Crippen molar-refractivity contribution in [3.63, 3.8) is 0 Å². The number of rotatable bonds is 6. The molecule has 2 aromatic rings. The summed E-state index contributed by atoms with van der Waals surface area (Å²) in [6.07, 6.45) is 0. The van der Waals surface area contributed by atoms with E-state index in [-0.39, 0.29) is 16.5 Å². The number of hydrogen-bond acceptors (Lipinski definition) is 4. The standard InChI is InChI=1S/C16H15Cl2NO4S/c1-11(16(20)23-10-12-5-7-13(17)8-6-12)19-24(21,22)15-4-2-3-14(18)9-15/h2-9,11,19H,10H2,1H3/t11-/m0/s1. The zero-order valence-corrected chi connectivity index (χ0v) is 15.0. The van der Waals surface area contributed by atoms with Crippen LogP contribution in [0, 0.1) is 0 Å². The van der Waals surface area contributed by atoms with Crippen molar-refractivity contribution in [3.8, 4) is 0 Å². The topological polar surface area (TPSA) is 72.5 Å². The lowest BCUT2D eigenvalue weighted by Gasteiger charge is -2.14. The number of sulfonamides is 1. The Kier molecular flexibility index (Phi) is 6.23. The van der Waals surface area contributed by atoms with Gasteiger partial charge in [-0.15, -0.1) is 0 Å². The molecule has 8 heteroatoms. The van der Waals surface area contributed by atoms with Gasteiger partial charge in [-0.25, -0.2) is 8.42 Å². The molecule has 0 amide bonds. The van der Waals surface area contributed by atoms with Gasteiger partial charge < -0.3 is 4.74 Å². The maximum Gasteiger partial charge on any atom is 0.324 e. The van der Waals surface area contributed by atoms with Crippen LogP contribution in [-0.2, 0) is 26.2 Å². The molecule has 0 aliphatic carbocycles. The van der Waals surface area contributed by atoms with Gasteiger partial charge in [-0.3, -0.25) is 4.79 Å². The highest BCUT2D eigenvalue weighted by molar-refractivity contribution is 7.89. The molecule has 5 nitrogen and oxygen atoms in total. The number of hydrogen-bond donors (Lipinski definition) is 1. The monoisotopic (exact) mass is 387 g/mol. The van der Waals surface area contributed by atoms with Crippen LogP contribution >= 0.6 is 23.2 Å². The van der Waals surface area contributed by atoms with Gasteiger partial charge in [0.15, 0.2) is 0 Å². The first-order valence-electron chi connectivity index (χ1n) is 6.97. The highest BCUT2D eigenvalue weighted by atomic mass is 35.5. The molecule has 128 valence electrons. The molecule has 0 aliphatic heterocycles. The Morgan fingerprint density at radius 3 is 2.42 bits per heavy atom. The van der Waals surface area contributed by atoms with E-state index in [9.17, 15) is 13.2 Å². The van der Waals surface area contributed by atoms with E-state index >= 15 is 0 Å². The van der Waals surface area contributed by atoms with Crippen LogP contribution < -0.4 is 4.72 Å². The van der Waals surface area contributed by atoms with E-state index in [1.165, 1.54) is 25.1 Å². The number of carbonyl (C=O) groups is 1. The number of halogens is 2. The Morgan fingerprint density at radius 2 is 1.79 bits per heavy atom. The van der Waals surface area contributed by atoms with Crippen LogP contribution in [0.3, 0.4) is 0 Å². The second-order valence-corrected chi connectivity index (χ2v) is 7.62. The average Bonchev–Trinajstić information content (AvgIpc) is 2.53. The third-order valence-corrected chi connectivity index (χ3v) is 5.11. The van der Waals surface area contributed by atoms with E-state index in [1.54, 1.807) is 30.3 Å². The third kappa shape index (κ3) is 5.21. The fourth-order valence-electron chi connectivity index (χ4n) is 1.84. The summed E-state index contributed by atoms with van der Waals surface area (Å²) >= 11 is 11.6. The van der Waals surface area contributed by atoms with E-state index in [1.807, 2.05) is 0 Å². The van der Waals surface area contributed by atoms with Crippen molar-refractivity contribution in [2.45, 2.75) is 24.5 Å². The third-order valence-electron chi connectivity index (χ3n) is 3.09. The van der Waals surface area contributed by atoms with Crippen molar-refractivity contribution in [1.29, 1.82) is 0 Å². The van der Waals surface area contributed by atoms with Crippen LogP contribution in [0.4, 0.5) is 0 Å². The summed E-state index contributed by atoms with van der Waals surface area (Å²) in [5.41, 5.74) is 0.748. The largest absolute Gasteiger partial charge is 0.460 e. The normalized spacial score (nSPS) is 12.6. The number of nitrogens with one attached hydrogen (secondary N) is 1. The van der Waals surface area contributed by atoms with Crippen molar-refractivity contribution >= 4 is 39.2 Å². The molecular weight excluding hydrogens is 373 g/mol. The molecule has 0 saturated heterocycles. The summed E-state index contributed by atoms with van der Waals surface area (Å²) in [5.74, 6) is -0.685. The van der Waals surface area contributed by atoms with Crippen molar-refractivity contribution < 1.29 is 17.9 Å². The highest BCUT2D eigenvalue weighted by Gasteiger charge is 2.23. The quantitative estimate of drug-likeness (QED) is 0.770. The number of esters is 1. The van der Waals surface area contributed by atoms with Gasteiger partial charge in [-0.05, 0) is 42.8 Å². The molecule has 0 unspecified atom stereocenters. The molecule has 0 aliphatic rings. The molecule has 1 atom stereocenters. The molecule has 2 aromatic carbocycles. The second kappa shape index (κ2) is 7.98. The van der Waals surface area contributed by atoms with E-state index in [2.05, 4.69) is 4.72 Å². The average molecular weight is 388 g/mol. The van der Waals surface area contributed by atoms with Crippen molar-refractivity contribution in [2.75, 3.05) is 0 Å². The Hall–Kier alpha value is -1.60. The van der Waals surface area contributed by atoms with Gasteiger partial charge in [0.25, 0.3) is 0 Å². The summed E-state index contributed by atoms with van der Waals surface area (Å²) < 4.78 is 31.8. The lowest BCUT2D eigenvalue weighted by Crippen LogP contribution is -2.39. The molecule has 0 spiro atoms. The fraction of sp³-hybridized carbons (Fsp3) is 0.188. The maximum absolute atomic E-state index is 12.2. The zero-order chi connectivity index (χ0) is 17.7. The van der Waals surface area contributed by atoms with Crippen LogP contribution in [0.1, 0.15) is 12.5 Å². The second-order valence-electron chi connectivity index (χ2n) is 5.03. The van der Waals surface area contributed by atoms with Crippen LogP contribution in [0.5, 0.6) is 0 Å². The zero-order valence-electron chi connectivity index (χ0n) is 12.7. The number of benzene rings is 2. The van der Waals surface area contributed by atoms with E-state index in [4.69, 9.17) is 27.9 Å². The van der Waals surface area contributed by atoms with Crippen molar-refractivity contribution in [2.24, 2.45) is 0 Å². The first-order chi connectivity index (χ1) is 11.3. The smallest absolute Gasteiger partial charge is 0.324 e. The Labute approximate surface area is 150 Å². The lowest BCUT2D eigenvalue weighted by atomic mass is 10.2. The molecule has 0 bridgehead atoms. The molecule has 24 heavy (non-hydrogen) atoms. The minimum Gasteiger partial charge on any atom is -0.460 e. The van der Waals surface area contributed by atoms with Gasteiger partial charge in [0.05, 0.1) is 4.90 Å².